The van der Waals surface area contributed by atoms with E-state index in [2.05, 4.69) is 5.32 Å². The second-order valence-electron chi connectivity index (χ2n) is 10.3. The molecule has 0 saturated carbocycles. The van der Waals surface area contributed by atoms with Crippen molar-refractivity contribution in [2.75, 3.05) is 31.6 Å². The Kier molecular flexibility index (Phi) is 12.3. The molecule has 0 radical (unpaired) electrons. The van der Waals surface area contributed by atoms with Crippen LogP contribution in [0, 0.1) is 13.8 Å². The van der Waals surface area contributed by atoms with Crippen LogP contribution < -0.4 is 19.1 Å². The number of benzene rings is 3. The van der Waals surface area contributed by atoms with E-state index >= 15 is 0 Å². The van der Waals surface area contributed by atoms with E-state index in [0.717, 1.165) is 15.4 Å². The number of halogens is 2. The minimum absolute atomic E-state index is 0.101. The van der Waals surface area contributed by atoms with Crippen molar-refractivity contribution in [3.63, 3.8) is 0 Å². The third-order valence-corrected chi connectivity index (χ3v) is 9.52. The molecule has 238 valence electrons. The summed E-state index contributed by atoms with van der Waals surface area (Å²) in [6.45, 7) is 7.12. The number of ether oxygens (including phenoxy) is 2. The molecule has 1 N–H and O–H groups in total. The predicted molar refractivity (Wildman–Crippen MR) is 174 cm³/mol. The molecule has 0 saturated heterocycles. The number of aryl methyl sites for hydroxylation is 2. The van der Waals surface area contributed by atoms with E-state index < -0.39 is 28.5 Å². The van der Waals surface area contributed by atoms with Gasteiger partial charge in [0.1, 0.15) is 12.6 Å². The van der Waals surface area contributed by atoms with Crippen molar-refractivity contribution in [2.24, 2.45) is 0 Å². The minimum atomic E-state index is -4.33. The van der Waals surface area contributed by atoms with Gasteiger partial charge in [-0.1, -0.05) is 49.2 Å². The minimum Gasteiger partial charge on any atom is -0.493 e. The summed E-state index contributed by atoms with van der Waals surface area (Å²) in [5, 5.41) is 3.50. The maximum atomic E-state index is 14.3. The van der Waals surface area contributed by atoms with Gasteiger partial charge in [-0.25, -0.2) is 8.42 Å². The molecule has 0 bridgehead atoms. The van der Waals surface area contributed by atoms with Crippen LogP contribution >= 0.6 is 23.2 Å². The fourth-order valence-corrected chi connectivity index (χ4v) is 6.80. The van der Waals surface area contributed by atoms with Crippen LogP contribution in [0.2, 0.25) is 10.0 Å². The number of nitrogens with zero attached hydrogens (tertiary/aromatic N) is 2. The summed E-state index contributed by atoms with van der Waals surface area (Å²) in [5.74, 6) is -0.393. The Morgan fingerprint density at radius 3 is 2.07 bits per heavy atom. The molecule has 0 heterocycles. The maximum Gasteiger partial charge on any atom is 0.264 e. The molecule has 12 heteroatoms. The van der Waals surface area contributed by atoms with Gasteiger partial charge in [0.2, 0.25) is 11.8 Å². The van der Waals surface area contributed by atoms with Gasteiger partial charge in [0, 0.05) is 34.8 Å². The van der Waals surface area contributed by atoms with Crippen LogP contribution in [-0.2, 0) is 26.2 Å². The Bertz CT molecular complexity index is 1560. The standard InChI is InChI=1S/C32H39Cl2N3O6S/c1-7-14-35-32(39)28(8-2)36(19-25-26(33)10-9-11-27(25)34)31(38)20-37(23-16-21(3)15-22(4)17-23)44(40,41)24-12-13-29(42-5)30(18-24)43-6/h9-13,15-18,28H,7-8,14,19-20H2,1-6H3,(H,35,39)/t28-/m1/s1. The number of methoxy groups -OCH3 is 2. The van der Waals surface area contributed by atoms with Crippen molar-refractivity contribution >= 4 is 50.7 Å². The molecule has 0 aliphatic rings. The Hall–Kier alpha value is -3.47. The number of sulfonamides is 1. The molecule has 0 fully saturated rings. The molecule has 9 nitrogen and oxygen atoms in total. The first-order valence-electron chi connectivity index (χ1n) is 14.2. The van der Waals surface area contributed by atoms with Crippen molar-refractivity contribution in [1.29, 1.82) is 0 Å². The summed E-state index contributed by atoms with van der Waals surface area (Å²) in [6, 6.07) is 13.6. The molecule has 1 atom stereocenters. The summed E-state index contributed by atoms with van der Waals surface area (Å²) in [5.41, 5.74) is 2.37. The number of hydrogen-bond donors (Lipinski definition) is 1. The van der Waals surface area contributed by atoms with Gasteiger partial charge < -0.3 is 19.7 Å². The highest BCUT2D eigenvalue weighted by molar-refractivity contribution is 7.92. The Labute approximate surface area is 270 Å². The van der Waals surface area contributed by atoms with E-state index in [1.807, 2.05) is 26.8 Å². The van der Waals surface area contributed by atoms with Gasteiger partial charge in [-0.05, 0) is 74.2 Å². The third kappa shape index (κ3) is 8.16. The van der Waals surface area contributed by atoms with Gasteiger partial charge in [0.15, 0.2) is 11.5 Å². The van der Waals surface area contributed by atoms with Gasteiger partial charge >= 0.3 is 0 Å². The summed E-state index contributed by atoms with van der Waals surface area (Å²) in [4.78, 5) is 28.9. The first-order valence-corrected chi connectivity index (χ1v) is 16.4. The largest absolute Gasteiger partial charge is 0.493 e. The number of carbonyl (C=O) groups is 2. The zero-order valence-corrected chi connectivity index (χ0v) is 28.1. The van der Waals surface area contributed by atoms with Crippen molar-refractivity contribution in [3.8, 4) is 11.5 Å². The third-order valence-electron chi connectivity index (χ3n) is 7.04. The first-order chi connectivity index (χ1) is 20.9. The number of amides is 2. The first kappa shape index (κ1) is 35.0. The van der Waals surface area contributed by atoms with E-state index in [4.69, 9.17) is 32.7 Å². The molecule has 0 aliphatic carbocycles. The zero-order valence-electron chi connectivity index (χ0n) is 25.8. The summed E-state index contributed by atoms with van der Waals surface area (Å²) >= 11 is 13.0. The lowest BCUT2D eigenvalue weighted by molar-refractivity contribution is -0.140. The number of hydrogen-bond acceptors (Lipinski definition) is 6. The fraction of sp³-hybridized carbons (Fsp3) is 0.375. The van der Waals surface area contributed by atoms with Crippen LogP contribution in [0.3, 0.4) is 0 Å². The lowest BCUT2D eigenvalue weighted by atomic mass is 10.1. The zero-order chi connectivity index (χ0) is 32.6. The monoisotopic (exact) mass is 663 g/mol. The van der Waals surface area contributed by atoms with Gasteiger partial charge in [-0.15, -0.1) is 0 Å². The quantitative estimate of drug-likeness (QED) is 0.222. The molecular formula is C32H39Cl2N3O6S. The van der Waals surface area contributed by atoms with Crippen molar-refractivity contribution in [3.05, 3.63) is 81.3 Å². The summed E-state index contributed by atoms with van der Waals surface area (Å²) in [7, 11) is -1.47. The van der Waals surface area contributed by atoms with Crippen molar-refractivity contribution in [1.82, 2.24) is 10.2 Å². The average Bonchev–Trinajstić information content (AvgIpc) is 2.98. The van der Waals surface area contributed by atoms with Crippen LogP contribution in [0.1, 0.15) is 43.4 Å². The van der Waals surface area contributed by atoms with Crippen molar-refractivity contribution in [2.45, 2.75) is 58.0 Å². The average molecular weight is 665 g/mol. The maximum absolute atomic E-state index is 14.3. The van der Waals surface area contributed by atoms with E-state index in [-0.39, 0.29) is 29.5 Å². The van der Waals surface area contributed by atoms with Gasteiger partial charge in [0.05, 0.1) is 24.8 Å². The van der Waals surface area contributed by atoms with Crippen LogP contribution in [0.15, 0.2) is 59.5 Å². The number of nitrogens with one attached hydrogen (secondary N) is 1. The molecule has 3 aromatic rings. The highest BCUT2D eigenvalue weighted by Crippen LogP contribution is 2.33. The summed E-state index contributed by atoms with van der Waals surface area (Å²) < 4.78 is 40.3. The smallest absolute Gasteiger partial charge is 0.264 e. The van der Waals surface area contributed by atoms with Gasteiger partial charge in [-0.2, -0.15) is 0 Å². The van der Waals surface area contributed by atoms with Crippen LogP contribution in [0.25, 0.3) is 0 Å². The molecule has 2 amide bonds. The molecule has 3 aromatic carbocycles. The molecule has 0 aromatic heterocycles. The van der Waals surface area contributed by atoms with Gasteiger partial charge in [-0.3, -0.25) is 13.9 Å². The van der Waals surface area contributed by atoms with Gasteiger partial charge in [0.25, 0.3) is 10.0 Å². The number of carbonyl (C=O) groups excluding carboxylic acids is 2. The normalized spacial score (nSPS) is 11.9. The number of anilines is 1. The highest BCUT2D eigenvalue weighted by Gasteiger charge is 2.34. The fourth-order valence-electron chi connectivity index (χ4n) is 4.87. The molecule has 0 unspecified atom stereocenters. The highest BCUT2D eigenvalue weighted by atomic mass is 35.5. The Morgan fingerprint density at radius 2 is 1.52 bits per heavy atom. The summed E-state index contributed by atoms with van der Waals surface area (Å²) in [6.07, 6.45) is 0.978. The van der Waals surface area contributed by atoms with Crippen LogP contribution in [-0.4, -0.2) is 58.5 Å². The van der Waals surface area contributed by atoms with E-state index in [0.29, 0.717) is 40.0 Å². The second-order valence-corrected chi connectivity index (χ2v) is 13.0. The lowest BCUT2D eigenvalue weighted by Gasteiger charge is -2.33. The molecular weight excluding hydrogens is 625 g/mol. The Morgan fingerprint density at radius 1 is 0.909 bits per heavy atom. The van der Waals surface area contributed by atoms with E-state index in [1.165, 1.54) is 37.3 Å². The molecule has 0 spiro atoms. The lowest BCUT2D eigenvalue weighted by Crippen LogP contribution is -2.52. The predicted octanol–water partition coefficient (Wildman–Crippen LogP) is 6.16. The second kappa shape index (κ2) is 15.5. The van der Waals surface area contributed by atoms with Crippen LogP contribution in [0.4, 0.5) is 5.69 Å². The van der Waals surface area contributed by atoms with Crippen molar-refractivity contribution < 1.29 is 27.5 Å². The Balaban J connectivity index is 2.17. The molecule has 3 rings (SSSR count). The molecule has 44 heavy (non-hydrogen) atoms. The van der Waals surface area contributed by atoms with E-state index in [1.54, 1.807) is 37.3 Å². The SMILES string of the molecule is CCCNC(=O)[C@@H](CC)N(Cc1c(Cl)cccc1Cl)C(=O)CN(c1cc(C)cc(C)c1)S(=O)(=O)c1ccc(OC)c(OC)c1. The van der Waals surface area contributed by atoms with Crippen LogP contribution in [0.5, 0.6) is 11.5 Å². The molecule has 0 aliphatic heterocycles. The van der Waals surface area contributed by atoms with E-state index in [9.17, 15) is 18.0 Å². The topological polar surface area (TPSA) is 105 Å². The number of rotatable bonds is 14.